The summed E-state index contributed by atoms with van der Waals surface area (Å²) in [6, 6.07) is 9.49. The zero-order chi connectivity index (χ0) is 14.8. The van der Waals surface area contributed by atoms with Crippen LogP contribution in [0.25, 0.3) is 0 Å². The van der Waals surface area contributed by atoms with Crippen molar-refractivity contribution in [3.8, 4) is 5.75 Å². The van der Waals surface area contributed by atoms with Gasteiger partial charge in [0.05, 0.1) is 7.11 Å². The average molecular weight is 288 g/mol. The van der Waals surface area contributed by atoms with Crippen molar-refractivity contribution in [2.24, 2.45) is 11.7 Å². The summed E-state index contributed by atoms with van der Waals surface area (Å²) in [6.07, 6.45) is 6.97. The number of fused-ring (bicyclic) bond motifs is 1. The number of methoxy groups -OCH3 is 1. The maximum atomic E-state index is 6.55. The highest BCUT2D eigenvalue weighted by Gasteiger charge is 2.39. The SMILES string of the molecule is COc1ccc(C(N)C(C)N2CCC3CCCCC32)cc1. The molecule has 2 N–H and O–H groups in total. The Morgan fingerprint density at radius 1 is 1.14 bits per heavy atom. The van der Waals surface area contributed by atoms with Crippen LogP contribution in [-0.4, -0.2) is 30.6 Å². The second-order valence-corrected chi connectivity index (χ2v) is 6.68. The van der Waals surface area contributed by atoms with E-state index in [1.54, 1.807) is 7.11 Å². The van der Waals surface area contributed by atoms with Crippen LogP contribution in [0.5, 0.6) is 5.75 Å². The first kappa shape index (κ1) is 14.9. The molecule has 1 heterocycles. The topological polar surface area (TPSA) is 38.5 Å². The van der Waals surface area contributed by atoms with Gasteiger partial charge in [-0.05, 0) is 56.3 Å². The normalized spacial score (nSPS) is 28.9. The molecule has 3 nitrogen and oxygen atoms in total. The zero-order valence-electron chi connectivity index (χ0n) is 13.3. The largest absolute Gasteiger partial charge is 0.497 e. The molecule has 4 atom stereocenters. The van der Waals surface area contributed by atoms with Crippen molar-refractivity contribution in [3.05, 3.63) is 29.8 Å². The second kappa shape index (κ2) is 6.37. The Morgan fingerprint density at radius 2 is 1.86 bits per heavy atom. The number of nitrogens with zero attached hydrogens (tertiary/aromatic N) is 1. The molecular weight excluding hydrogens is 260 g/mol. The van der Waals surface area contributed by atoms with E-state index in [1.807, 2.05) is 12.1 Å². The van der Waals surface area contributed by atoms with Gasteiger partial charge < -0.3 is 10.5 Å². The number of hydrogen-bond donors (Lipinski definition) is 1. The van der Waals surface area contributed by atoms with Gasteiger partial charge in [-0.1, -0.05) is 25.0 Å². The summed E-state index contributed by atoms with van der Waals surface area (Å²) in [4.78, 5) is 2.68. The Labute approximate surface area is 128 Å². The van der Waals surface area contributed by atoms with Gasteiger partial charge in [0, 0.05) is 18.1 Å². The van der Waals surface area contributed by atoms with Crippen LogP contribution in [0.3, 0.4) is 0 Å². The van der Waals surface area contributed by atoms with Gasteiger partial charge in [0.1, 0.15) is 5.75 Å². The van der Waals surface area contributed by atoms with Crippen molar-refractivity contribution in [1.82, 2.24) is 4.90 Å². The maximum absolute atomic E-state index is 6.55. The first-order chi connectivity index (χ1) is 10.2. The molecular formula is C18H28N2O. The molecule has 1 aliphatic carbocycles. The fourth-order valence-corrected chi connectivity index (χ4v) is 4.26. The van der Waals surface area contributed by atoms with Gasteiger partial charge >= 0.3 is 0 Å². The van der Waals surface area contributed by atoms with Gasteiger partial charge in [0.25, 0.3) is 0 Å². The zero-order valence-corrected chi connectivity index (χ0v) is 13.3. The van der Waals surface area contributed by atoms with Crippen LogP contribution < -0.4 is 10.5 Å². The summed E-state index contributed by atoms with van der Waals surface area (Å²) in [6.45, 7) is 3.52. The quantitative estimate of drug-likeness (QED) is 0.923. The van der Waals surface area contributed by atoms with E-state index in [4.69, 9.17) is 10.5 Å². The Morgan fingerprint density at radius 3 is 2.57 bits per heavy atom. The van der Waals surface area contributed by atoms with E-state index < -0.39 is 0 Å². The van der Waals surface area contributed by atoms with Gasteiger partial charge in [-0.3, -0.25) is 4.90 Å². The number of nitrogens with two attached hydrogens (primary N) is 1. The molecule has 3 rings (SSSR count). The van der Waals surface area contributed by atoms with Gasteiger partial charge in [-0.2, -0.15) is 0 Å². The van der Waals surface area contributed by atoms with Crippen LogP contribution in [-0.2, 0) is 0 Å². The predicted octanol–water partition coefficient (Wildman–Crippen LogP) is 3.35. The smallest absolute Gasteiger partial charge is 0.118 e. The molecule has 0 aromatic heterocycles. The standard InChI is InChI=1S/C18H28N2O/c1-13(18(19)15-7-9-16(21-2)10-8-15)20-12-11-14-5-3-4-6-17(14)20/h7-10,13-14,17-18H,3-6,11-12,19H2,1-2H3. The summed E-state index contributed by atoms with van der Waals surface area (Å²) in [5, 5.41) is 0. The van der Waals surface area contributed by atoms with Crippen LogP contribution in [0, 0.1) is 5.92 Å². The summed E-state index contributed by atoms with van der Waals surface area (Å²) in [7, 11) is 1.70. The third-order valence-electron chi connectivity index (χ3n) is 5.60. The maximum Gasteiger partial charge on any atom is 0.118 e. The van der Waals surface area contributed by atoms with E-state index in [0.29, 0.717) is 6.04 Å². The van der Waals surface area contributed by atoms with Crippen LogP contribution in [0.1, 0.15) is 50.6 Å². The first-order valence-corrected chi connectivity index (χ1v) is 8.36. The van der Waals surface area contributed by atoms with Crippen LogP contribution >= 0.6 is 0 Å². The van der Waals surface area contributed by atoms with E-state index >= 15 is 0 Å². The lowest BCUT2D eigenvalue weighted by molar-refractivity contribution is 0.125. The molecule has 4 unspecified atom stereocenters. The summed E-state index contributed by atoms with van der Waals surface area (Å²) < 4.78 is 5.23. The molecule has 3 heteroatoms. The van der Waals surface area contributed by atoms with E-state index in [2.05, 4.69) is 24.0 Å². The molecule has 1 aromatic rings. The van der Waals surface area contributed by atoms with Crippen molar-refractivity contribution in [1.29, 1.82) is 0 Å². The minimum atomic E-state index is 0.0802. The van der Waals surface area contributed by atoms with Crippen LogP contribution in [0.4, 0.5) is 0 Å². The monoisotopic (exact) mass is 288 g/mol. The highest BCUT2D eigenvalue weighted by Crippen LogP contribution is 2.38. The third-order valence-corrected chi connectivity index (χ3v) is 5.60. The highest BCUT2D eigenvalue weighted by atomic mass is 16.5. The molecule has 2 aliphatic rings. The van der Waals surface area contributed by atoms with Gasteiger partial charge in [0.2, 0.25) is 0 Å². The minimum absolute atomic E-state index is 0.0802. The third kappa shape index (κ3) is 2.95. The number of likely N-dealkylation sites (tertiary alicyclic amines) is 1. The fraction of sp³-hybridized carbons (Fsp3) is 0.667. The van der Waals surface area contributed by atoms with E-state index in [1.165, 1.54) is 44.2 Å². The molecule has 21 heavy (non-hydrogen) atoms. The van der Waals surface area contributed by atoms with E-state index in [9.17, 15) is 0 Å². The Kier molecular flexibility index (Phi) is 4.51. The van der Waals surface area contributed by atoms with Crippen molar-refractivity contribution in [2.75, 3.05) is 13.7 Å². The Balaban J connectivity index is 1.70. The molecule has 0 amide bonds. The van der Waals surface area contributed by atoms with Crippen molar-refractivity contribution >= 4 is 0 Å². The molecule has 1 aliphatic heterocycles. The lowest BCUT2D eigenvalue weighted by Crippen LogP contribution is -2.45. The second-order valence-electron chi connectivity index (χ2n) is 6.68. The molecule has 0 bridgehead atoms. The van der Waals surface area contributed by atoms with Gasteiger partial charge in [-0.15, -0.1) is 0 Å². The van der Waals surface area contributed by atoms with Gasteiger partial charge in [0.15, 0.2) is 0 Å². The summed E-state index contributed by atoms with van der Waals surface area (Å²) in [5.41, 5.74) is 7.76. The lowest BCUT2D eigenvalue weighted by Gasteiger charge is -2.38. The fourth-order valence-electron chi connectivity index (χ4n) is 4.26. The number of ether oxygens (including phenoxy) is 1. The Hall–Kier alpha value is -1.06. The van der Waals surface area contributed by atoms with Crippen LogP contribution in [0.2, 0.25) is 0 Å². The number of hydrogen-bond acceptors (Lipinski definition) is 3. The first-order valence-electron chi connectivity index (χ1n) is 8.36. The average Bonchev–Trinajstić information content (AvgIpc) is 2.97. The van der Waals surface area contributed by atoms with Crippen LogP contribution in [0.15, 0.2) is 24.3 Å². The Bertz CT molecular complexity index is 459. The predicted molar refractivity (Wildman–Crippen MR) is 86.5 cm³/mol. The minimum Gasteiger partial charge on any atom is -0.497 e. The summed E-state index contributed by atoms with van der Waals surface area (Å²) >= 11 is 0. The number of rotatable bonds is 4. The van der Waals surface area contributed by atoms with Crippen molar-refractivity contribution in [2.45, 2.75) is 57.2 Å². The molecule has 1 saturated heterocycles. The molecule has 116 valence electrons. The number of benzene rings is 1. The lowest BCUT2D eigenvalue weighted by atomic mass is 9.84. The molecule has 1 saturated carbocycles. The summed E-state index contributed by atoms with van der Waals surface area (Å²) in [5.74, 6) is 1.82. The van der Waals surface area contributed by atoms with Crippen molar-refractivity contribution < 1.29 is 4.74 Å². The molecule has 1 aromatic carbocycles. The van der Waals surface area contributed by atoms with E-state index in [-0.39, 0.29) is 6.04 Å². The van der Waals surface area contributed by atoms with E-state index in [0.717, 1.165) is 17.7 Å². The molecule has 0 radical (unpaired) electrons. The van der Waals surface area contributed by atoms with Crippen molar-refractivity contribution in [3.63, 3.8) is 0 Å². The van der Waals surface area contributed by atoms with Gasteiger partial charge in [-0.25, -0.2) is 0 Å². The molecule has 0 spiro atoms. The molecule has 2 fully saturated rings. The highest BCUT2D eigenvalue weighted by molar-refractivity contribution is 5.29.